The van der Waals surface area contributed by atoms with Crippen LogP contribution in [0.2, 0.25) is 0 Å². The molecular weight excluding hydrogens is 192 g/mol. The van der Waals surface area contributed by atoms with E-state index in [1.54, 1.807) is 0 Å². The Bertz CT molecular complexity index is 91.3. The second-order valence-corrected chi connectivity index (χ2v) is 3.77. The van der Waals surface area contributed by atoms with Crippen molar-refractivity contribution in [3.8, 4) is 0 Å². The molecule has 1 fully saturated rings. The summed E-state index contributed by atoms with van der Waals surface area (Å²) < 4.78 is 0. The standard InChI is InChI=1S/C8H15BrO/c9-6-8(2-1-5-10)7-3-4-7/h7-8,10H,1-6H2. The normalized spacial score (nSPS) is 21.0. The third kappa shape index (κ3) is 2.59. The monoisotopic (exact) mass is 206 g/mol. The highest BCUT2D eigenvalue weighted by Crippen LogP contribution is 2.39. The third-order valence-corrected chi connectivity index (χ3v) is 3.05. The lowest BCUT2D eigenvalue weighted by Gasteiger charge is -2.10. The molecular formula is C8H15BrO. The van der Waals surface area contributed by atoms with E-state index in [9.17, 15) is 0 Å². The highest BCUT2D eigenvalue weighted by molar-refractivity contribution is 9.09. The van der Waals surface area contributed by atoms with Gasteiger partial charge in [-0.05, 0) is 37.5 Å². The van der Waals surface area contributed by atoms with Gasteiger partial charge in [-0.3, -0.25) is 0 Å². The SMILES string of the molecule is OCCCC(CBr)C1CC1. The summed E-state index contributed by atoms with van der Waals surface area (Å²) in [5, 5.41) is 9.72. The number of hydrogen-bond donors (Lipinski definition) is 1. The maximum absolute atomic E-state index is 8.60. The van der Waals surface area contributed by atoms with Crippen LogP contribution in [0.1, 0.15) is 25.7 Å². The molecule has 0 radical (unpaired) electrons. The van der Waals surface area contributed by atoms with Gasteiger partial charge in [-0.2, -0.15) is 0 Å². The van der Waals surface area contributed by atoms with Gasteiger partial charge in [0, 0.05) is 11.9 Å². The maximum Gasteiger partial charge on any atom is 0.0431 e. The molecule has 1 unspecified atom stereocenters. The van der Waals surface area contributed by atoms with Crippen molar-refractivity contribution in [3.63, 3.8) is 0 Å². The van der Waals surface area contributed by atoms with Crippen molar-refractivity contribution in [2.24, 2.45) is 11.8 Å². The summed E-state index contributed by atoms with van der Waals surface area (Å²) in [4.78, 5) is 0. The summed E-state index contributed by atoms with van der Waals surface area (Å²) in [6.07, 6.45) is 5.02. The first-order valence-corrected chi connectivity index (χ1v) is 5.17. The fourth-order valence-electron chi connectivity index (χ4n) is 1.36. The van der Waals surface area contributed by atoms with Crippen LogP contribution in [0.4, 0.5) is 0 Å². The lowest BCUT2D eigenvalue weighted by atomic mass is 10.0. The van der Waals surface area contributed by atoms with Gasteiger partial charge in [0.05, 0.1) is 0 Å². The summed E-state index contributed by atoms with van der Waals surface area (Å²) in [6.45, 7) is 0.357. The second-order valence-electron chi connectivity index (χ2n) is 3.12. The second kappa shape index (κ2) is 4.35. The van der Waals surface area contributed by atoms with Crippen LogP contribution in [-0.4, -0.2) is 17.0 Å². The average molecular weight is 207 g/mol. The highest BCUT2D eigenvalue weighted by atomic mass is 79.9. The largest absolute Gasteiger partial charge is 0.396 e. The molecule has 60 valence electrons. The molecule has 1 aliphatic rings. The van der Waals surface area contributed by atoms with Gasteiger partial charge in [-0.15, -0.1) is 0 Å². The van der Waals surface area contributed by atoms with E-state index < -0.39 is 0 Å². The van der Waals surface area contributed by atoms with Gasteiger partial charge in [0.15, 0.2) is 0 Å². The van der Waals surface area contributed by atoms with Gasteiger partial charge in [-0.1, -0.05) is 15.9 Å². The van der Waals surface area contributed by atoms with Gasteiger partial charge in [-0.25, -0.2) is 0 Å². The Morgan fingerprint density at radius 3 is 2.60 bits per heavy atom. The smallest absolute Gasteiger partial charge is 0.0431 e. The van der Waals surface area contributed by atoms with Gasteiger partial charge >= 0.3 is 0 Å². The Morgan fingerprint density at radius 2 is 2.20 bits per heavy atom. The molecule has 1 N–H and O–H groups in total. The molecule has 0 aromatic heterocycles. The van der Waals surface area contributed by atoms with Crippen LogP contribution < -0.4 is 0 Å². The van der Waals surface area contributed by atoms with E-state index in [0.717, 1.165) is 23.6 Å². The Labute approximate surface area is 70.9 Å². The van der Waals surface area contributed by atoms with Crippen LogP contribution in [0, 0.1) is 11.8 Å². The number of hydrogen-bond acceptors (Lipinski definition) is 1. The quantitative estimate of drug-likeness (QED) is 0.685. The Morgan fingerprint density at radius 1 is 1.50 bits per heavy atom. The van der Waals surface area contributed by atoms with E-state index in [4.69, 9.17) is 5.11 Å². The van der Waals surface area contributed by atoms with Crippen LogP contribution in [-0.2, 0) is 0 Å². The molecule has 0 heterocycles. The number of halogens is 1. The van der Waals surface area contributed by atoms with Crippen molar-refractivity contribution in [2.75, 3.05) is 11.9 Å². The molecule has 0 spiro atoms. The van der Waals surface area contributed by atoms with E-state index in [1.165, 1.54) is 19.3 Å². The number of aliphatic hydroxyl groups excluding tert-OH is 1. The van der Waals surface area contributed by atoms with E-state index in [-0.39, 0.29) is 0 Å². The molecule has 2 heteroatoms. The predicted octanol–water partition coefficient (Wildman–Crippen LogP) is 2.18. The average Bonchev–Trinajstić information content (AvgIpc) is 2.73. The maximum atomic E-state index is 8.60. The molecule has 0 aliphatic heterocycles. The lowest BCUT2D eigenvalue weighted by Crippen LogP contribution is -2.05. The Kier molecular flexibility index (Phi) is 3.71. The number of aliphatic hydroxyl groups is 1. The number of rotatable bonds is 5. The molecule has 0 amide bonds. The molecule has 10 heavy (non-hydrogen) atoms. The Hall–Kier alpha value is 0.440. The summed E-state index contributed by atoms with van der Waals surface area (Å²) in [6, 6.07) is 0. The fraction of sp³-hybridized carbons (Fsp3) is 1.00. The Balaban J connectivity index is 2.07. The van der Waals surface area contributed by atoms with Crippen molar-refractivity contribution >= 4 is 15.9 Å². The topological polar surface area (TPSA) is 20.2 Å². The van der Waals surface area contributed by atoms with Crippen LogP contribution in [0.25, 0.3) is 0 Å². The molecule has 1 nitrogen and oxygen atoms in total. The minimum atomic E-state index is 0.357. The third-order valence-electron chi connectivity index (χ3n) is 2.22. The van der Waals surface area contributed by atoms with Crippen molar-refractivity contribution in [1.29, 1.82) is 0 Å². The fourth-order valence-corrected chi connectivity index (χ4v) is 2.21. The molecule has 1 atom stereocenters. The zero-order chi connectivity index (χ0) is 7.40. The molecule has 0 aromatic rings. The van der Waals surface area contributed by atoms with Crippen LogP contribution in [0.3, 0.4) is 0 Å². The first-order valence-electron chi connectivity index (χ1n) is 4.05. The van der Waals surface area contributed by atoms with Gasteiger partial charge < -0.3 is 5.11 Å². The first kappa shape index (κ1) is 8.54. The van der Waals surface area contributed by atoms with Crippen LogP contribution >= 0.6 is 15.9 Å². The minimum Gasteiger partial charge on any atom is -0.396 e. The van der Waals surface area contributed by atoms with E-state index in [1.807, 2.05) is 0 Å². The molecule has 1 saturated carbocycles. The molecule has 0 bridgehead atoms. The summed E-state index contributed by atoms with van der Waals surface area (Å²) in [7, 11) is 0. The van der Waals surface area contributed by atoms with Crippen molar-refractivity contribution in [2.45, 2.75) is 25.7 Å². The molecule has 0 saturated heterocycles. The molecule has 0 aromatic carbocycles. The van der Waals surface area contributed by atoms with Gasteiger partial charge in [0.25, 0.3) is 0 Å². The zero-order valence-corrected chi connectivity index (χ0v) is 7.81. The van der Waals surface area contributed by atoms with Crippen molar-refractivity contribution < 1.29 is 5.11 Å². The highest BCUT2D eigenvalue weighted by Gasteiger charge is 2.29. The zero-order valence-electron chi connectivity index (χ0n) is 6.22. The minimum absolute atomic E-state index is 0.357. The van der Waals surface area contributed by atoms with Gasteiger partial charge in [0.1, 0.15) is 0 Å². The lowest BCUT2D eigenvalue weighted by molar-refractivity contribution is 0.270. The molecule has 1 aliphatic carbocycles. The van der Waals surface area contributed by atoms with Crippen molar-refractivity contribution in [3.05, 3.63) is 0 Å². The first-order chi connectivity index (χ1) is 4.88. The van der Waals surface area contributed by atoms with E-state index >= 15 is 0 Å². The summed E-state index contributed by atoms with van der Waals surface area (Å²) in [5.74, 6) is 1.82. The van der Waals surface area contributed by atoms with Crippen LogP contribution in [0.5, 0.6) is 0 Å². The summed E-state index contributed by atoms with van der Waals surface area (Å²) in [5.41, 5.74) is 0. The van der Waals surface area contributed by atoms with Gasteiger partial charge in [0.2, 0.25) is 0 Å². The number of alkyl halides is 1. The van der Waals surface area contributed by atoms with Crippen LogP contribution in [0.15, 0.2) is 0 Å². The molecule has 1 rings (SSSR count). The predicted molar refractivity (Wildman–Crippen MR) is 46.3 cm³/mol. The van der Waals surface area contributed by atoms with Crippen molar-refractivity contribution in [1.82, 2.24) is 0 Å². The van der Waals surface area contributed by atoms with E-state index in [2.05, 4.69) is 15.9 Å². The summed E-state index contributed by atoms with van der Waals surface area (Å²) >= 11 is 3.50. The van der Waals surface area contributed by atoms with E-state index in [0.29, 0.717) is 6.61 Å².